The van der Waals surface area contributed by atoms with E-state index in [1.54, 1.807) is 19.4 Å². The number of furan rings is 1. The molecule has 0 aliphatic rings. The van der Waals surface area contributed by atoms with Crippen LogP contribution in [0, 0.1) is 0 Å². The lowest BCUT2D eigenvalue weighted by Crippen LogP contribution is -2.29. The zero-order valence-corrected chi connectivity index (χ0v) is 12.3. The van der Waals surface area contributed by atoms with Crippen molar-refractivity contribution in [1.29, 1.82) is 0 Å². The van der Waals surface area contributed by atoms with E-state index in [0.29, 0.717) is 11.3 Å². The summed E-state index contributed by atoms with van der Waals surface area (Å²) in [6.45, 7) is 0.216. The molecule has 0 saturated heterocycles. The third-order valence-electron chi connectivity index (χ3n) is 3.55. The first-order valence-corrected chi connectivity index (χ1v) is 7.26. The lowest BCUT2D eigenvalue weighted by molar-refractivity contribution is 0.101. The first-order valence-electron chi connectivity index (χ1n) is 7.26. The van der Waals surface area contributed by atoms with Gasteiger partial charge in [-0.15, -0.1) is 0 Å². The predicted octanol–water partition coefficient (Wildman–Crippen LogP) is 4.11. The minimum atomic E-state index is -1.17. The number of alkyl halides is 1. The van der Waals surface area contributed by atoms with Crippen LogP contribution in [0.3, 0.4) is 0 Å². The van der Waals surface area contributed by atoms with Crippen molar-refractivity contribution < 1.29 is 13.5 Å². The lowest BCUT2D eigenvalue weighted by Gasteiger charge is -2.23. The Morgan fingerprint density at radius 2 is 1.91 bits per heavy atom. The molecule has 0 bridgehead atoms. The van der Waals surface area contributed by atoms with E-state index in [1.165, 1.54) is 0 Å². The molecule has 3 rings (SSSR count). The van der Waals surface area contributed by atoms with E-state index in [9.17, 15) is 4.39 Å². The Kier molecular flexibility index (Phi) is 4.39. The Balaban J connectivity index is 1.94. The maximum Gasteiger partial charge on any atom is 0.175 e. The summed E-state index contributed by atoms with van der Waals surface area (Å²) in [5.41, 5.74) is 1.44. The van der Waals surface area contributed by atoms with E-state index < -0.39 is 12.3 Å². The van der Waals surface area contributed by atoms with Gasteiger partial charge in [0.25, 0.3) is 0 Å². The Morgan fingerprint density at radius 3 is 2.68 bits per heavy atom. The van der Waals surface area contributed by atoms with Crippen LogP contribution in [-0.4, -0.2) is 19.8 Å². The van der Waals surface area contributed by atoms with Crippen LogP contribution < -0.4 is 10.1 Å². The van der Waals surface area contributed by atoms with Gasteiger partial charge in [0.15, 0.2) is 23.6 Å². The zero-order chi connectivity index (χ0) is 15.4. The van der Waals surface area contributed by atoms with E-state index in [1.807, 2.05) is 48.5 Å². The Bertz CT molecular complexity index is 726. The summed E-state index contributed by atoms with van der Waals surface area (Å²) in [4.78, 5) is 0. The second-order valence-electron chi connectivity index (χ2n) is 5.12. The van der Waals surface area contributed by atoms with Crippen LogP contribution in [0.5, 0.6) is 5.75 Å². The highest BCUT2D eigenvalue weighted by Crippen LogP contribution is 2.32. The quantitative estimate of drug-likeness (QED) is 0.744. The van der Waals surface area contributed by atoms with Crippen molar-refractivity contribution in [2.45, 2.75) is 12.3 Å². The van der Waals surface area contributed by atoms with Crippen molar-refractivity contribution in [1.82, 2.24) is 5.32 Å². The van der Waals surface area contributed by atoms with Gasteiger partial charge in [-0.3, -0.25) is 0 Å². The lowest BCUT2D eigenvalue weighted by atomic mass is 10.0. The smallest absolute Gasteiger partial charge is 0.175 e. The summed E-state index contributed by atoms with van der Waals surface area (Å²) >= 11 is 0. The van der Waals surface area contributed by atoms with Crippen molar-refractivity contribution in [2.75, 3.05) is 13.6 Å². The van der Waals surface area contributed by atoms with Gasteiger partial charge in [0.05, 0.1) is 6.26 Å². The molecule has 1 N–H and O–H groups in total. The number of hydrogen-bond acceptors (Lipinski definition) is 3. The molecule has 0 fully saturated rings. The molecule has 114 valence electrons. The highest BCUT2D eigenvalue weighted by Gasteiger charge is 2.25. The van der Waals surface area contributed by atoms with Crippen molar-refractivity contribution in [3.05, 3.63) is 66.4 Å². The molecule has 22 heavy (non-hydrogen) atoms. The standard InChI is InChI=1S/C18H18FNO2/c1-20-12-15(19)17(13-6-3-2-4-7-13)22-16-9-5-8-14-10-11-21-18(14)16/h2-11,15,17,20H,12H2,1H3. The van der Waals surface area contributed by atoms with Crippen LogP contribution in [0.15, 0.2) is 65.3 Å². The van der Waals surface area contributed by atoms with Crippen LogP contribution in [0.2, 0.25) is 0 Å². The van der Waals surface area contributed by atoms with Crippen molar-refractivity contribution in [3.8, 4) is 5.75 Å². The molecule has 2 aromatic carbocycles. The van der Waals surface area contributed by atoms with Crippen LogP contribution in [0.4, 0.5) is 4.39 Å². The van der Waals surface area contributed by atoms with Gasteiger partial charge in [0.2, 0.25) is 0 Å². The molecule has 3 aromatic rings. The van der Waals surface area contributed by atoms with E-state index in [4.69, 9.17) is 9.15 Å². The molecule has 0 aliphatic carbocycles. The molecule has 0 aliphatic heterocycles. The number of para-hydroxylation sites is 1. The second kappa shape index (κ2) is 6.62. The summed E-state index contributed by atoms with van der Waals surface area (Å²) in [5, 5.41) is 3.80. The molecule has 0 radical (unpaired) electrons. The van der Waals surface area contributed by atoms with Gasteiger partial charge in [-0.05, 0) is 24.7 Å². The molecule has 0 spiro atoms. The molecule has 4 heteroatoms. The number of hydrogen-bond donors (Lipinski definition) is 1. The maximum absolute atomic E-state index is 14.5. The Hall–Kier alpha value is -2.33. The zero-order valence-electron chi connectivity index (χ0n) is 12.3. The fourth-order valence-corrected chi connectivity index (χ4v) is 2.49. The topological polar surface area (TPSA) is 34.4 Å². The maximum atomic E-state index is 14.5. The van der Waals surface area contributed by atoms with Gasteiger partial charge in [-0.25, -0.2) is 4.39 Å². The Labute approximate surface area is 128 Å². The van der Waals surface area contributed by atoms with Gasteiger partial charge in [-0.2, -0.15) is 0 Å². The predicted molar refractivity (Wildman–Crippen MR) is 84.8 cm³/mol. The molecular weight excluding hydrogens is 281 g/mol. The average molecular weight is 299 g/mol. The van der Waals surface area contributed by atoms with E-state index in [2.05, 4.69) is 5.32 Å². The number of benzene rings is 2. The minimum absolute atomic E-state index is 0.216. The molecule has 1 aromatic heterocycles. The third kappa shape index (κ3) is 2.97. The van der Waals surface area contributed by atoms with Gasteiger partial charge >= 0.3 is 0 Å². The first kappa shape index (κ1) is 14.6. The minimum Gasteiger partial charge on any atom is -0.479 e. The fraction of sp³-hybridized carbons (Fsp3) is 0.222. The van der Waals surface area contributed by atoms with Crippen molar-refractivity contribution in [2.24, 2.45) is 0 Å². The largest absolute Gasteiger partial charge is 0.479 e. The third-order valence-corrected chi connectivity index (χ3v) is 3.55. The molecule has 2 unspecified atom stereocenters. The number of ether oxygens (including phenoxy) is 1. The highest BCUT2D eigenvalue weighted by atomic mass is 19.1. The van der Waals surface area contributed by atoms with E-state index in [0.717, 1.165) is 10.9 Å². The van der Waals surface area contributed by atoms with Gasteiger partial charge < -0.3 is 14.5 Å². The second-order valence-corrected chi connectivity index (χ2v) is 5.12. The van der Waals surface area contributed by atoms with Crippen molar-refractivity contribution >= 4 is 11.0 Å². The monoisotopic (exact) mass is 299 g/mol. The van der Waals surface area contributed by atoms with Crippen molar-refractivity contribution in [3.63, 3.8) is 0 Å². The number of rotatable bonds is 6. The molecule has 2 atom stereocenters. The summed E-state index contributed by atoms with van der Waals surface area (Å²) < 4.78 is 26.0. The molecule has 0 amide bonds. The summed E-state index contributed by atoms with van der Waals surface area (Å²) in [5.74, 6) is 0.551. The number of nitrogens with one attached hydrogen (secondary N) is 1. The molecule has 1 heterocycles. The van der Waals surface area contributed by atoms with Gasteiger partial charge in [-0.1, -0.05) is 42.5 Å². The fourth-order valence-electron chi connectivity index (χ4n) is 2.49. The molecule has 0 saturated carbocycles. The van der Waals surface area contributed by atoms with Gasteiger partial charge in [0, 0.05) is 11.9 Å². The van der Waals surface area contributed by atoms with Crippen LogP contribution in [0.25, 0.3) is 11.0 Å². The normalized spacial score (nSPS) is 13.9. The molecular formula is C18H18FNO2. The number of halogens is 1. The van der Waals surface area contributed by atoms with E-state index >= 15 is 0 Å². The van der Waals surface area contributed by atoms with Gasteiger partial charge in [0.1, 0.15) is 0 Å². The van der Waals surface area contributed by atoms with Crippen LogP contribution >= 0.6 is 0 Å². The highest BCUT2D eigenvalue weighted by molar-refractivity contribution is 5.82. The first-order chi connectivity index (χ1) is 10.8. The Morgan fingerprint density at radius 1 is 1.09 bits per heavy atom. The van der Waals surface area contributed by atoms with Crippen LogP contribution in [-0.2, 0) is 0 Å². The summed E-state index contributed by atoms with van der Waals surface area (Å²) in [7, 11) is 1.72. The molecule has 3 nitrogen and oxygen atoms in total. The SMILES string of the molecule is CNCC(F)C(Oc1cccc2ccoc12)c1ccccc1. The average Bonchev–Trinajstić information content (AvgIpc) is 3.03. The van der Waals surface area contributed by atoms with E-state index in [-0.39, 0.29) is 6.54 Å². The summed E-state index contributed by atoms with van der Waals surface area (Å²) in [6.07, 6.45) is -0.253. The number of fused-ring (bicyclic) bond motifs is 1. The van der Waals surface area contributed by atoms with Crippen LogP contribution in [0.1, 0.15) is 11.7 Å². The summed E-state index contributed by atoms with van der Waals surface area (Å²) in [6, 6.07) is 16.9.